The van der Waals surface area contributed by atoms with Crippen LogP contribution >= 0.6 is 0 Å². The molecule has 2 heterocycles. The summed E-state index contributed by atoms with van der Waals surface area (Å²) in [5.74, 6) is 1.68. The topological polar surface area (TPSA) is 26.7 Å². The fourth-order valence-corrected chi connectivity index (χ4v) is 7.42. The maximum absolute atomic E-state index is 11.3. The third kappa shape index (κ3) is 3.21. The minimum Gasteiger partial charge on any atom is -0.392 e. The van der Waals surface area contributed by atoms with Crippen LogP contribution in [0.5, 0.6) is 0 Å². The minimum atomic E-state index is -0.219. The molecule has 1 aromatic rings. The molecule has 4 bridgehead atoms. The first kappa shape index (κ1) is 19.8. The van der Waals surface area contributed by atoms with Crippen molar-refractivity contribution in [2.75, 3.05) is 32.7 Å². The molecule has 3 nitrogen and oxygen atoms in total. The Hall–Kier alpha value is -1.16. The van der Waals surface area contributed by atoms with Crippen LogP contribution in [0.2, 0.25) is 0 Å². The Bertz CT molecular complexity index is 780. The molecule has 5 aliphatic rings. The van der Waals surface area contributed by atoms with Gasteiger partial charge in [0.1, 0.15) is 0 Å². The number of rotatable bonds is 4. The van der Waals surface area contributed by atoms with Gasteiger partial charge in [0.15, 0.2) is 0 Å². The second kappa shape index (κ2) is 6.67. The number of benzene rings is 1. The fourth-order valence-electron chi connectivity index (χ4n) is 7.42. The molecule has 4 atom stereocenters. The molecular formula is C26H38N2O. The molecule has 0 radical (unpaired) electrons. The molecule has 0 amide bonds. The van der Waals surface area contributed by atoms with Gasteiger partial charge in [0.2, 0.25) is 0 Å². The lowest BCUT2D eigenvalue weighted by Crippen LogP contribution is -2.70. The van der Waals surface area contributed by atoms with Crippen LogP contribution in [-0.2, 0) is 6.54 Å². The second-order valence-corrected chi connectivity index (χ2v) is 11.8. The van der Waals surface area contributed by atoms with Crippen LogP contribution in [0.4, 0.5) is 0 Å². The molecule has 2 aliphatic heterocycles. The van der Waals surface area contributed by atoms with Gasteiger partial charge in [0.05, 0.1) is 6.10 Å². The van der Waals surface area contributed by atoms with Crippen molar-refractivity contribution in [2.45, 2.75) is 53.2 Å². The van der Waals surface area contributed by atoms with Crippen LogP contribution in [0, 0.1) is 28.1 Å². The summed E-state index contributed by atoms with van der Waals surface area (Å²) in [7, 11) is 0. The van der Waals surface area contributed by atoms with Crippen LogP contribution in [0.1, 0.15) is 46.1 Å². The highest BCUT2D eigenvalue weighted by Gasteiger charge is 2.56. The molecule has 3 heteroatoms. The molecule has 2 saturated heterocycles. The largest absolute Gasteiger partial charge is 0.392 e. The normalized spacial score (nSPS) is 41.6. The summed E-state index contributed by atoms with van der Waals surface area (Å²) in [5, 5.41) is 11.3. The van der Waals surface area contributed by atoms with E-state index in [9.17, 15) is 5.11 Å². The smallest absolute Gasteiger partial charge is 0.0696 e. The first-order chi connectivity index (χ1) is 13.7. The lowest BCUT2D eigenvalue weighted by atomic mass is 9.49. The summed E-state index contributed by atoms with van der Waals surface area (Å²) < 4.78 is 0. The van der Waals surface area contributed by atoms with Crippen molar-refractivity contribution in [3.8, 4) is 0 Å². The molecule has 0 spiro atoms. The molecular weight excluding hydrogens is 356 g/mol. The van der Waals surface area contributed by atoms with Crippen molar-refractivity contribution >= 4 is 0 Å². The van der Waals surface area contributed by atoms with Gasteiger partial charge >= 0.3 is 0 Å². The number of aliphatic hydroxyl groups excluding tert-OH is 1. The average Bonchev–Trinajstić information content (AvgIpc) is 2.65. The van der Waals surface area contributed by atoms with E-state index in [1.165, 1.54) is 18.4 Å². The molecule has 0 aromatic heterocycles. The maximum atomic E-state index is 11.3. The minimum absolute atomic E-state index is 0.0626. The second-order valence-electron chi connectivity index (χ2n) is 11.8. The van der Waals surface area contributed by atoms with Crippen LogP contribution in [0.15, 0.2) is 42.0 Å². The monoisotopic (exact) mass is 394 g/mol. The fraction of sp³-hybridized carbons (Fsp3) is 0.692. The molecule has 1 saturated carbocycles. The van der Waals surface area contributed by atoms with Crippen LogP contribution in [0.25, 0.3) is 0 Å². The summed E-state index contributed by atoms with van der Waals surface area (Å²) in [6, 6.07) is 10.8. The highest BCUT2D eigenvalue weighted by atomic mass is 16.3. The maximum Gasteiger partial charge on any atom is 0.0696 e. The Morgan fingerprint density at radius 2 is 1.48 bits per heavy atom. The Kier molecular flexibility index (Phi) is 4.55. The lowest BCUT2D eigenvalue weighted by molar-refractivity contribution is -0.175. The number of likely N-dealkylation sites (tertiary alicyclic amines) is 2. The SMILES string of the molecule is CC12CN(CC3=CC[C@H]4C[C@@H]3C4(C)C)CC(C)(CN(Cc3ccccc3)C1)C2O. The van der Waals surface area contributed by atoms with Crippen molar-refractivity contribution in [3.05, 3.63) is 47.5 Å². The average molecular weight is 395 g/mol. The number of allylic oxidation sites excluding steroid dienone is 1. The van der Waals surface area contributed by atoms with Crippen molar-refractivity contribution in [1.82, 2.24) is 9.80 Å². The molecule has 2 unspecified atom stereocenters. The number of hydrogen-bond donors (Lipinski definition) is 1. The summed E-state index contributed by atoms with van der Waals surface area (Å²) in [6.07, 6.45) is 5.00. The number of aliphatic hydroxyl groups is 1. The van der Waals surface area contributed by atoms with Gasteiger partial charge in [-0.3, -0.25) is 9.80 Å². The van der Waals surface area contributed by atoms with Gasteiger partial charge in [-0.25, -0.2) is 0 Å². The van der Waals surface area contributed by atoms with Gasteiger partial charge in [0, 0.05) is 50.1 Å². The first-order valence-corrected chi connectivity index (χ1v) is 11.6. The van der Waals surface area contributed by atoms with Gasteiger partial charge in [-0.2, -0.15) is 0 Å². The van der Waals surface area contributed by atoms with Gasteiger partial charge in [-0.15, -0.1) is 0 Å². The first-order valence-electron chi connectivity index (χ1n) is 11.6. The van der Waals surface area contributed by atoms with Crippen molar-refractivity contribution < 1.29 is 5.11 Å². The van der Waals surface area contributed by atoms with E-state index in [4.69, 9.17) is 0 Å². The summed E-state index contributed by atoms with van der Waals surface area (Å²) in [6.45, 7) is 15.6. The van der Waals surface area contributed by atoms with E-state index in [1.54, 1.807) is 5.57 Å². The molecule has 158 valence electrons. The standard InChI is InChI=1S/C26H38N2O/c1-24(2)21-11-10-20(22(24)12-21)14-28-17-25(3)15-27(13-19-8-6-5-7-9-19)16-26(4,18-28)23(25)29/h5-10,21-23,29H,11-18H2,1-4H3/t21-,22-,23?,25?,26?/m0/s1. The molecule has 3 aliphatic carbocycles. The van der Waals surface area contributed by atoms with Crippen LogP contribution < -0.4 is 0 Å². The number of piperidine rings is 2. The Balaban J connectivity index is 1.31. The van der Waals surface area contributed by atoms with Crippen LogP contribution in [0.3, 0.4) is 0 Å². The predicted octanol–water partition coefficient (Wildman–Crippen LogP) is 4.18. The quantitative estimate of drug-likeness (QED) is 0.776. The number of hydrogen-bond acceptors (Lipinski definition) is 3. The van der Waals surface area contributed by atoms with Gasteiger partial charge in [0.25, 0.3) is 0 Å². The number of fused-ring (bicyclic) bond motifs is 3. The predicted molar refractivity (Wildman–Crippen MR) is 118 cm³/mol. The van der Waals surface area contributed by atoms with Gasteiger partial charge in [-0.1, -0.05) is 69.7 Å². The highest BCUT2D eigenvalue weighted by molar-refractivity contribution is 5.25. The molecule has 1 N–H and O–H groups in total. The van der Waals surface area contributed by atoms with E-state index in [-0.39, 0.29) is 16.9 Å². The van der Waals surface area contributed by atoms with Gasteiger partial charge < -0.3 is 5.11 Å². The highest BCUT2D eigenvalue weighted by Crippen LogP contribution is 2.59. The lowest BCUT2D eigenvalue weighted by Gasteiger charge is -2.61. The van der Waals surface area contributed by atoms with Crippen molar-refractivity contribution in [3.63, 3.8) is 0 Å². The van der Waals surface area contributed by atoms with Crippen molar-refractivity contribution in [1.29, 1.82) is 0 Å². The zero-order valence-electron chi connectivity index (χ0n) is 18.7. The zero-order valence-corrected chi connectivity index (χ0v) is 18.7. The Labute approximate surface area is 176 Å². The van der Waals surface area contributed by atoms with E-state index in [0.717, 1.165) is 51.1 Å². The molecule has 3 fully saturated rings. The summed E-state index contributed by atoms with van der Waals surface area (Å²) in [4.78, 5) is 5.26. The third-order valence-corrected chi connectivity index (χ3v) is 8.90. The third-order valence-electron chi connectivity index (χ3n) is 8.90. The van der Waals surface area contributed by atoms with Gasteiger partial charge in [-0.05, 0) is 35.7 Å². The van der Waals surface area contributed by atoms with Crippen LogP contribution in [-0.4, -0.2) is 53.7 Å². The summed E-state index contributed by atoms with van der Waals surface area (Å²) >= 11 is 0. The van der Waals surface area contributed by atoms with E-state index < -0.39 is 0 Å². The Morgan fingerprint density at radius 3 is 2.03 bits per heavy atom. The van der Waals surface area contributed by atoms with E-state index >= 15 is 0 Å². The van der Waals surface area contributed by atoms with E-state index in [1.807, 2.05) is 0 Å². The molecule has 1 aromatic carbocycles. The summed E-state index contributed by atoms with van der Waals surface area (Å²) in [5.41, 5.74) is 3.43. The van der Waals surface area contributed by atoms with E-state index in [2.05, 4.69) is 73.9 Å². The number of nitrogens with zero attached hydrogens (tertiary/aromatic N) is 2. The zero-order chi connectivity index (χ0) is 20.4. The van der Waals surface area contributed by atoms with E-state index in [0.29, 0.717) is 5.41 Å². The van der Waals surface area contributed by atoms with Crippen molar-refractivity contribution in [2.24, 2.45) is 28.1 Å². The molecule has 6 rings (SSSR count). The Morgan fingerprint density at radius 1 is 0.897 bits per heavy atom. The molecule has 29 heavy (non-hydrogen) atoms.